The van der Waals surface area contributed by atoms with E-state index in [-0.39, 0.29) is 6.61 Å². The zero-order valence-corrected chi connectivity index (χ0v) is 12.6. The highest BCUT2D eigenvalue weighted by Crippen LogP contribution is 2.25. The molecule has 0 bridgehead atoms. The third-order valence-electron chi connectivity index (χ3n) is 3.72. The number of nitrogens with zero attached hydrogens (tertiary/aromatic N) is 3. The number of nitrogens with two attached hydrogens (primary N) is 1. The number of aliphatic hydroxyl groups excluding tert-OH is 1. The lowest BCUT2D eigenvalue weighted by Gasteiger charge is -2.33. The molecule has 2 rings (SSSR count). The van der Waals surface area contributed by atoms with Crippen LogP contribution in [0.3, 0.4) is 0 Å². The van der Waals surface area contributed by atoms with Crippen molar-refractivity contribution in [3.05, 3.63) is 11.9 Å². The van der Waals surface area contributed by atoms with Crippen molar-refractivity contribution >= 4 is 11.6 Å². The van der Waals surface area contributed by atoms with E-state index in [0.29, 0.717) is 30.8 Å². The van der Waals surface area contributed by atoms with Crippen LogP contribution in [0.4, 0.5) is 11.6 Å². The summed E-state index contributed by atoms with van der Waals surface area (Å²) in [6.07, 6.45) is 3.12. The Morgan fingerprint density at radius 1 is 1.52 bits per heavy atom. The number of aromatic nitrogens is 2. The minimum Gasteiger partial charge on any atom is -0.396 e. The lowest BCUT2D eigenvalue weighted by atomic mass is 9.95. The lowest BCUT2D eigenvalue weighted by molar-refractivity contribution is 0.128. The highest BCUT2D eigenvalue weighted by molar-refractivity contribution is 5.49. The standard InChI is InChI=1S/C14H25N5O2/c1-2-21-10-13-16-12(18-15)8-14(17-13)19-6-3-4-11(9-19)5-7-20/h8,11,20H,2-7,9-10,15H2,1H3,(H,16,17,18). The Bertz CT molecular complexity index is 441. The first-order chi connectivity index (χ1) is 10.3. The number of piperidine rings is 1. The van der Waals surface area contributed by atoms with E-state index < -0.39 is 0 Å². The van der Waals surface area contributed by atoms with Gasteiger partial charge in [-0.15, -0.1) is 0 Å². The average Bonchev–Trinajstić information content (AvgIpc) is 2.53. The fraction of sp³-hybridized carbons (Fsp3) is 0.714. The molecule has 1 aromatic heterocycles. The van der Waals surface area contributed by atoms with Crippen molar-refractivity contribution in [3.8, 4) is 0 Å². The molecule has 1 aliphatic heterocycles. The van der Waals surface area contributed by atoms with Gasteiger partial charge in [-0.2, -0.15) is 0 Å². The van der Waals surface area contributed by atoms with E-state index in [1.807, 2.05) is 13.0 Å². The van der Waals surface area contributed by atoms with Crippen molar-refractivity contribution < 1.29 is 9.84 Å². The Balaban J connectivity index is 2.13. The lowest BCUT2D eigenvalue weighted by Crippen LogP contribution is -2.36. The van der Waals surface area contributed by atoms with Crippen molar-refractivity contribution in [2.75, 3.05) is 36.6 Å². The number of nitrogen functional groups attached to an aromatic ring is 1. The molecule has 21 heavy (non-hydrogen) atoms. The molecule has 118 valence electrons. The number of nitrogens with one attached hydrogen (secondary N) is 1. The molecule has 7 heteroatoms. The highest BCUT2D eigenvalue weighted by atomic mass is 16.5. The molecule has 0 saturated carbocycles. The number of rotatable bonds is 7. The molecule has 1 unspecified atom stereocenters. The fourth-order valence-electron chi connectivity index (χ4n) is 2.67. The van der Waals surface area contributed by atoms with Crippen molar-refractivity contribution in [2.45, 2.75) is 32.8 Å². The molecular formula is C14H25N5O2. The van der Waals surface area contributed by atoms with E-state index in [1.54, 1.807) is 0 Å². The summed E-state index contributed by atoms with van der Waals surface area (Å²) in [5.74, 6) is 8.10. The van der Waals surface area contributed by atoms with Crippen LogP contribution in [0.2, 0.25) is 0 Å². The smallest absolute Gasteiger partial charge is 0.158 e. The molecule has 1 fully saturated rings. The molecule has 1 saturated heterocycles. The number of hydrazine groups is 1. The van der Waals surface area contributed by atoms with Gasteiger partial charge in [-0.05, 0) is 32.1 Å². The normalized spacial score (nSPS) is 18.8. The van der Waals surface area contributed by atoms with Crippen LogP contribution in [-0.4, -0.2) is 41.4 Å². The van der Waals surface area contributed by atoms with Crippen LogP contribution in [0.15, 0.2) is 6.07 Å². The molecule has 0 amide bonds. The fourth-order valence-corrected chi connectivity index (χ4v) is 2.67. The molecular weight excluding hydrogens is 270 g/mol. The number of aliphatic hydroxyl groups is 1. The molecule has 1 atom stereocenters. The van der Waals surface area contributed by atoms with Gasteiger partial charge in [0.05, 0.1) is 0 Å². The summed E-state index contributed by atoms with van der Waals surface area (Å²) in [5.41, 5.74) is 2.59. The van der Waals surface area contributed by atoms with Gasteiger partial charge >= 0.3 is 0 Å². The van der Waals surface area contributed by atoms with Crippen molar-refractivity contribution in [3.63, 3.8) is 0 Å². The molecule has 2 heterocycles. The average molecular weight is 295 g/mol. The first kappa shape index (κ1) is 15.9. The quantitative estimate of drug-likeness (QED) is 0.508. The maximum atomic E-state index is 9.11. The van der Waals surface area contributed by atoms with Crippen LogP contribution < -0.4 is 16.2 Å². The Kier molecular flexibility index (Phi) is 6.16. The third-order valence-corrected chi connectivity index (χ3v) is 3.72. The van der Waals surface area contributed by atoms with Crippen LogP contribution in [-0.2, 0) is 11.3 Å². The topological polar surface area (TPSA) is 96.5 Å². The summed E-state index contributed by atoms with van der Waals surface area (Å²) in [5, 5.41) is 9.11. The monoisotopic (exact) mass is 295 g/mol. The second kappa shape index (κ2) is 8.11. The largest absolute Gasteiger partial charge is 0.396 e. The minimum atomic E-state index is 0.244. The van der Waals surface area contributed by atoms with E-state index in [2.05, 4.69) is 20.3 Å². The van der Waals surface area contributed by atoms with E-state index in [1.165, 1.54) is 0 Å². The Labute approximate surface area is 125 Å². The van der Waals surface area contributed by atoms with Gasteiger partial charge in [0.2, 0.25) is 0 Å². The minimum absolute atomic E-state index is 0.244. The van der Waals surface area contributed by atoms with E-state index in [9.17, 15) is 0 Å². The predicted octanol–water partition coefficient (Wildman–Crippen LogP) is 0.897. The van der Waals surface area contributed by atoms with Gasteiger partial charge in [0.25, 0.3) is 0 Å². The summed E-state index contributed by atoms with van der Waals surface area (Å²) in [6, 6.07) is 1.86. The molecule has 0 aliphatic carbocycles. The number of anilines is 2. The van der Waals surface area contributed by atoms with E-state index in [0.717, 1.165) is 38.2 Å². The number of hydrogen-bond acceptors (Lipinski definition) is 7. The van der Waals surface area contributed by atoms with E-state index in [4.69, 9.17) is 15.7 Å². The van der Waals surface area contributed by atoms with Crippen LogP contribution in [0.1, 0.15) is 32.0 Å². The van der Waals surface area contributed by atoms with Gasteiger partial charge in [0, 0.05) is 32.4 Å². The summed E-state index contributed by atoms with van der Waals surface area (Å²) in [7, 11) is 0. The van der Waals surface area contributed by atoms with Crippen LogP contribution in [0.25, 0.3) is 0 Å². The maximum Gasteiger partial charge on any atom is 0.158 e. The molecule has 1 aliphatic rings. The first-order valence-corrected chi connectivity index (χ1v) is 7.55. The molecule has 1 aromatic rings. The third kappa shape index (κ3) is 4.52. The van der Waals surface area contributed by atoms with Gasteiger partial charge in [0.15, 0.2) is 5.82 Å². The Morgan fingerprint density at radius 3 is 3.10 bits per heavy atom. The zero-order valence-electron chi connectivity index (χ0n) is 12.6. The van der Waals surface area contributed by atoms with Crippen LogP contribution in [0, 0.1) is 5.92 Å². The van der Waals surface area contributed by atoms with Crippen LogP contribution in [0.5, 0.6) is 0 Å². The van der Waals surface area contributed by atoms with Crippen molar-refractivity contribution in [2.24, 2.45) is 11.8 Å². The predicted molar refractivity (Wildman–Crippen MR) is 81.8 cm³/mol. The van der Waals surface area contributed by atoms with Gasteiger partial charge in [-0.3, -0.25) is 0 Å². The zero-order chi connectivity index (χ0) is 15.1. The second-order valence-corrected chi connectivity index (χ2v) is 5.28. The molecule has 0 radical (unpaired) electrons. The van der Waals surface area contributed by atoms with Gasteiger partial charge in [-0.25, -0.2) is 15.8 Å². The van der Waals surface area contributed by atoms with Gasteiger partial charge < -0.3 is 20.2 Å². The maximum absolute atomic E-state index is 9.11. The Hall–Kier alpha value is -1.44. The number of ether oxygens (including phenoxy) is 1. The molecule has 0 aromatic carbocycles. The van der Waals surface area contributed by atoms with Crippen molar-refractivity contribution in [1.29, 1.82) is 0 Å². The molecule has 4 N–H and O–H groups in total. The first-order valence-electron chi connectivity index (χ1n) is 7.55. The van der Waals surface area contributed by atoms with Crippen LogP contribution >= 0.6 is 0 Å². The molecule has 0 spiro atoms. The second-order valence-electron chi connectivity index (χ2n) is 5.28. The SMILES string of the molecule is CCOCc1nc(NN)cc(N2CCCC(CCO)C2)n1. The summed E-state index contributed by atoms with van der Waals surface area (Å²) < 4.78 is 5.38. The van der Waals surface area contributed by atoms with E-state index >= 15 is 0 Å². The van der Waals surface area contributed by atoms with Gasteiger partial charge in [0.1, 0.15) is 18.2 Å². The van der Waals surface area contributed by atoms with Crippen molar-refractivity contribution in [1.82, 2.24) is 9.97 Å². The number of hydrogen-bond donors (Lipinski definition) is 3. The Morgan fingerprint density at radius 2 is 2.38 bits per heavy atom. The summed E-state index contributed by atoms with van der Waals surface area (Å²) >= 11 is 0. The highest BCUT2D eigenvalue weighted by Gasteiger charge is 2.21. The summed E-state index contributed by atoms with van der Waals surface area (Å²) in [6.45, 7) is 5.07. The molecule has 7 nitrogen and oxygen atoms in total. The summed E-state index contributed by atoms with van der Waals surface area (Å²) in [4.78, 5) is 11.1. The van der Waals surface area contributed by atoms with Gasteiger partial charge in [-0.1, -0.05) is 0 Å².